The molecule has 0 aliphatic heterocycles. The summed E-state index contributed by atoms with van der Waals surface area (Å²) in [6.45, 7) is 2.10. The van der Waals surface area contributed by atoms with Gasteiger partial charge in [0, 0.05) is 12.0 Å². The Morgan fingerprint density at radius 1 is 1.00 bits per heavy atom. The number of hydrogen-bond acceptors (Lipinski definition) is 3. The lowest BCUT2D eigenvalue weighted by Crippen LogP contribution is -2.03. The van der Waals surface area contributed by atoms with E-state index in [0.717, 1.165) is 30.9 Å². The summed E-state index contributed by atoms with van der Waals surface area (Å²) in [5.41, 5.74) is 0.484. The molecular formula is C20H18O5. The van der Waals surface area contributed by atoms with Gasteiger partial charge in [-0.25, -0.2) is 9.59 Å². The fraction of sp³-hybridized carbons (Fsp3) is 0.200. The van der Waals surface area contributed by atoms with Crippen molar-refractivity contribution in [3.05, 3.63) is 59.2 Å². The summed E-state index contributed by atoms with van der Waals surface area (Å²) in [4.78, 5) is 22.3. The van der Waals surface area contributed by atoms with Gasteiger partial charge in [0.25, 0.3) is 0 Å². The summed E-state index contributed by atoms with van der Waals surface area (Å²) in [5, 5.41) is 18.2. The number of benzene rings is 2. The predicted octanol–water partition coefficient (Wildman–Crippen LogP) is 4.42. The van der Waals surface area contributed by atoms with E-state index in [1.54, 1.807) is 18.2 Å². The molecule has 2 rings (SSSR count). The molecule has 0 radical (unpaired) electrons. The van der Waals surface area contributed by atoms with Crippen molar-refractivity contribution in [2.24, 2.45) is 0 Å². The molecule has 128 valence electrons. The van der Waals surface area contributed by atoms with E-state index in [1.165, 1.54) is 12.1 Å². The first-order valence-corrected chi connectivity index (χ1v) is 7.88. The third-order valence-electron chi connectivity index (χ3n) is 3.36. The molecule has 0 amide bonds. The van der Waals surface area contributed by atoms with Crippen LogP contribution in [-0.2, 0) is 0 Å². The van der Waals surface area contributed by atoms with E-state index in [2.05, 4.69) is 18.8 Å². The molecule has 0 bridgehead atoms. The predicted molar refractivity (Wildman–Crippen MR) is 93.3 cm³/mol. The number of aromatic carboxylic acids is 2. The van der Waals surface area contributed by atoms with Crippen LogP contribution in [0.1, 0.15) is 52.5 Å². The molecule has 0 fully saturated rings. The van der Waals surface area contributed by atoms with Gasteiger partial charge in [0.15, 0.2) is 0 Å². The summed E-state index contributed by atoms with van der Waals surface area (Å²) in [6.07, 6.45) is 2.96. The number of carbonyl (C=O) groups is 2. The van der Waals surface area contributed by atoms with Crippen molar-refractivity contribution in [2.45, 2.75) is 26.2 Å². The Morgan fingerprint density at radius 3 is 2.28 bits per heavy atom. The maximum Gasteiger partial charge on any atom is 0.335 e. The Kier molecular flexibility index (Phi) is 6.19. The number of hydrogen-bond donors (Lipinski definition) is 2. The van der Waals surface area contributed by atoms with Crippen LogP contribution < -0.4 is 4.74 Å². The molecule has 0 aromatic heterocycles. The summed E-state index contributed by atoms with van der Waals surface area (Å²) in [7, 11) is 0. The van der Waals surface area contributed by atoms with Gasteiger partial charge in [-0.15, -0.1) is 0 Å². The molecule has 2 aromatic rings. The highest BCUT2D eigenvalue weighted by atomic mass is 16.5. The van der Waals surface area contributed by atoms with Crippen LogP contribution in [0.3, 0.4) is 0 Å². The number of unbranched alkanes of at least 4 members (excludes halogenated alkanes) is 2. The van der Waals surface area contributed by atoms with Crippen molar-refractivity contribution >= 4 is 11.9 Å². The Morgan fingerprint density at radius 2 is 1.68 bits per heavy atom. The topological polar surface area (TPSA) is 83.8 Å². The average molecular weight is 338 g/mol. The van der Waals surface area contributed by atoms with Gasteiger partial charge in [0.2, 0.25) is 0 Å². The summed E-state index contributed by atoms with van der Waals surface area (Å²) >= 11 is 0. The minimum atomic E-state index is -1.22. The van der Waals surface area contributed by atoms with Crippen molar-refractivity contribution in [1.82, 2.24) is 0 Å². The van der Waals surface area contributed by atoms with Gasteiger partial charge in [0.05, 0.1) is 11.1 Å². The molecule has 5 nitrogen and oxygen atoms in total. The largest absolute Gasteiger partial charge is 0.478 e. The van der Waals surface area contributed by atoms with Gasteiger partial charge >= 0.3 is 11.9 Å². The Bertz CT molecular complexity index is 810. The molecule has 5 heteroatoms. The lowest BCUT2D eigenvalue weighted by Gasteiger charge is -2.08. The molecule has 2 N–H and O–H groups in total. The molecule has 2 aromatic carbocycles. The van der Waals surface area contributed by atoms with Crippen LogP contribution in [0, 0.1) is 11.8 Å². The van der Waals surface area contributed by atoms with E-state index in [0.29, 0.717) is 5.75 Å². The van der Waals surface area contributed by atoms with E-state index in [1.807, 2.05) is 6.07 Å². The normalized spacial score (nSPS) is 9.80. The van der Waals surface area contributed by atoms with Crippen molar-refractivity contribution in [3.63, 3.8) is 0 Å². The fourth-order valence-electron chi connectivity index (χ4n) is 2.11. The van der Waals surface area contributed by atoms with Gasteiger partial charge in [0.1, 0.15) is 11.5 Å². The second-order valence-electron chi connectivity index (χ2n) is 5.39. The number of rotatable bonds is 6. The first-order chi connectivity index (χ1) is 12.0. The Balaban J connectivity index is 2.25. The highest BCUT2D eigenvalue weighted by molar-refractivity contribution is 5.94. The van der Waals surface area contributed by atoms with Crippen LogP contribution in [0.5, 0.6) is 11.5 Å². The van der Waals surface area contributed by atoms with Gasteiger partial charge in [-0.2, -0.15) is 0 Å². The summed E-state index contributed by atoms with van der Waals surface area (Å²) in [5.74, 6) is 4.30. The van der Waals surface area contributed by atoms with E-state index < -0.39 is 11.9 Å². The van der Waals surface area contributed by atoms with Crippen LogP contribution in [-0.4, -0.2) is 22.2 Å². The van der Waals surface area contributed by atoms with Crippen LogP contribution in [0.2, 0.25) is 0 Å². The number of carboxylic acids is 2. The lowest BCUT2D eigenvalue weighted by molar-refractivity contribution is 0.0696. The van der Waals surface area contributed by atoms with Gasteiger partial charge in [-0.1, -0.05) is 31.3 Å². The summed E-state index contributed by atoms with van der Waals surface area (Å²) < 4.78 is 5.63. The number of carboxylic acid groups (broad SMARTS) is 2. The molecule has 0 heterocycles. The molecule has 25 heavy (non-hydrogen) atoms. The zero-order valence-electron chi connectivity index (χ0n) is 13.8. The monoisotopic (exact) mass is 338 g/mol. The summed E-state index contributed by atoms with van der Waals surface area (Å²) in [6, 6.07) is 10.7. The smallest absolute Gasteiger partial charge is 0.335 e. The van der Waals surface area contributed by atoms with Crippen LogP contribution in [0.25, 0.3) is 0 Å². The molecule has 0 saturated heterocycles. The molecule has 0 saturated carbocycles. The Hall–Kier alpha value is -3.26. The zero-order chi connectivity index (χ0) is 18.2. The van der Waals surface area contributed by atoms with Crippen molar-refractivity contribution in [3.8, 4) is 23.3 Å². The molecule has 0 unspecified atom stereocenters. The second-order valence-corrected chi connectivity index (χ2v) is 5.39. The number of ether oxygens (including phenoxy) is 1. The minimum absolute atomic E-state index is 0.147. The minimum Gasteiger partial charge on any atom is -0.478 e. The molecular weight excluding hydrogens is 320 g/mol. The first-order valence-electron chi connectivity index (χ1n) is 7.88. The van der Waals surface area contributed by atoms with Crippen molar-refractivity contribution < 1.29 is 24.5 Å². The molecule has 0 aliphatic carbocycles. The van der Waals surface area contributed by atoms with Gasteiger partial charge < -0.3 is 14.9 Å². The highest BCUT2D eigenvalue weighted by Gasteiger charge is 2.12. The van der Waals surface area contributed by atoms with E-state index in [-0.39, 0.29) is 16.9 Å². The Labute approximate surface area is 145 Å². The molecule has 0 spiro atoms. The van der Waals surface area contributed by atoms with Crippen molar-refractivity contribution in [2.75, 3.05) is 0 Å². The maximum atomic E-state index is 11.1. The van der Waals surface area contributed by atoms with E-state index in [9.17, 15) is 9.59 Å². The first kappa shape index (κ1) is 18.1. The van der Waals surface area contributed by atoms with Crippen LogP contribution in [0.4, 0.5) is 0 Å². The third-order valence-corrected chi connectivity index (χ3v) is 3.36. The quantitative estimate of drug-likeness (QED) is 0.602. The fourth-order valence-corrected chi connectivity index (χ4v) is 2.11. The van der Waals surface area contributed by atoms with Crippen molar-refractivity contribution in [1.29, 1.82) is 0 Å². The SMILES string of the molecule is CCCCC#Cc1cccc(Oc2cc(C(=O)O)cc(C(=O)O)c2)c1. The van der Waals surface area contributed by atoms with E-state index in [4.69, 9.17) is 14.9 Å². The van der Waals surface area contributed by atoms with Crippen LogP contribution in [0.15, 0.2) is 42.5 Å². The zero-order valence-corrected chi connectivity index (χ0v) is 13.8. The molecule has 0 atom stereocenters. The highest BCUT2D eigenvalue weighted by Crippen LogP contribution is 2.25. The van der Waals surface area contributed by atoms with Gasteiger partial charge in [-0.3, -0.25) is 0 Å². The standard InChI is InChI=1S/C20H18O5/c1-2-3-4-5-7-14-8-6-9-17(10-14)25-18-12-15(19(21)22)11-16(13-18)20(23)24/h6,8-13H,2-4H2,1H3,(H,21,22)(H,23,24). The van der Waals surface area contributed by atoms with Crippen LogP contribution >= 0.6 is 0 Å². The lowest BCUT2D eigenvalue weighted by atomic mass is 10.1. The average Bonchev–Trinajstić information content (AvgIpc) is 2.58. The maximum absolute atomic E-state index is 11.1. The second kappa shape index (κ2) is 8.55. The molecule has 0 aliphatic rings. The third kappa shape index (κ3) is 5.40. The van der Waals surface area contributed by atoms with Gasteiger partial charge in [-0.05, 0) is 42.8 Å². The van der Waals surface area contributed by atoms with E-state index >= 15 is 0 Å².